The second kappa shape index (κ2) is 3.60. The Hall–Kier alpha value is -0.660. The van der Waals surface area contributed by atoms with Crippen molar-refractivity contribution >= 4 is 16.1 Å². The van der Waals surface area contributed by atoms with Gasteiger partial charge in [-0.1, -0.05) is 0 Å². The van der Waals surface area contributed by atoms with Crippen molar-refractivity contribution in [2.45, 2.75) is 0 Å². The number of hydrogen-bond donors (Lipinski definition) is 1. The van der Waals surface area contributed by atoms with E-state index < -0.39 is 16.1 Å². The van der Waals surface area contributed by atoms with Crippen LogP contribution in [0.25, 0.3) is 0 Å². The van der Waals surface area contributed by atoms with Gasteiger partial charge >= 0.3 is 10.2 Å². The van der Waals surface area contributed by atoms with Crippen LogP contribution in [-0.2, 0) is 19.7 Å². The lowest BCUT2D eigenvalue weighted by molar-refractivity contribution is -0.136. The van der Waals surface area contributed by atoms with Crippen LogP contribution in [0.15, 0.2) is 0 Å². The van der Waals surface area contributed by atoms with Crippen LogP contribution in [0.5, 0.6) is 0 Å². The number of carbonyl (C=O) groups excluding carboxylic acids is 1. The molecule has 0 spiro atoms. The molecule has 0 atom stereocenters. The van der Waals surface area contributed by atoms with Crippen LogP contribution in [-0.4, -0.2) is 45.9 Å². The van der Waals surface area contributed by atoms with Crippen LogP contribution in [0.4, 0.5) is 0 Å². The molecule has 1 heterocycles. The predicted molar refractivity (Wildman–Crippen MR) is 45.1 cm³/mol. The number of nitrogens with zero attached hydrogens (tertiary/aromatic N) is 1. The topological polar surface area (TPSA) is 75.7 Å². The Morgan fingerprint density at radius 1 is 1.46 bits per heavy atom. The molecular weight excluding hydrogens is 196 g/mol. The summed E-state index contributed by atoms with van der Waals surface area (Å²) in [5.41, 5.74) is 0. The summed E-state index contributed by atoms with van der Waals surface area (Å²) < 4.78 is 29.9. The van der Waals surface area contributed by atoms with Crippen LogP contribution in [0, 0.1) is 5.92 Å². The molecule has 0 saturated carbocycles. The molecule has 1 aliphatic rings. The molecule has 6 nitrogen and oxygen atoms in total. The van der Waals surface area contributed by atoms with Gasteiger partial charge in [0.2, 0.25) is 5.91 Å². The lowest BCUT2D eigenvalue weighted by atomic mass is 10.1. The lowest BCUT2D eigenvalue weighted by Crippen LogP contribution is -2.47. The van der Waals surface area contributed by atoms with Gasteiger partial charge < -0.3 is 4.74 Å². The number of carbonyl (C=O) groups is 1. The van der Waals surface area contributed by atoms with E-state index in [1.807, 2.05) is 4.72 Å². The second-order valence-corrected chi connectivity index (χ2v) is 4.87. The maximum atomic E-state index is 11.1. The van der Waals surface area contributed by atoms with Crippen molar-refractivity contribution in [3.63, 3.8) is 0 Å². The van der Waals surface area contributed by atoms with Crippen LogP contribution in [0.3, 0.4) is 0 Å². The fraction of sp³-hybridized carbons (Fsp3) is 0.833. The fourth-order valence-electron chi connectivity index (χ4n) is 0.689. The SMILES string of the molecule is CN(C)S(=O)(=O)NC(=O)C1COC1. The first kappa shape index (κ1) is 10.4. The predicted octanol–water partition coefficient (Wildman–Crippen LogP) is -1.44. The van der Waals surface area contributed by atoms with Gasteiger partial charge in [0.25, 0.3) is 0 Å². The number of rotatable bonds is 3. The average Bonchev–Trinajstić information content (AvgIpc) is 1.80. The standard InChI is InChI=1S/C6H12N2O4S/c1-8(2)13(10,11)7-6(9)5-3-12-4-5/h5H,3-4H2,1-2H3,(H,7,9). The number of nitrogens with one attached hydrogen (secondary N) is 1. The van der Waals surface area contributed by atoms with Gasteiger partial charge in [-0.2, -0.15) is 12.7 Å². The van der Waals surface area contributed by atoms with Crippen molar-refractivity contribution in [1.29, 1.82) is 0 Å². The molecule has 1 amide bonds. The molecular formula is C6H12N2O4S. The quantitative estimate of drug-likeness (QED) is 0.616. The Kier molecular flexibility index (Phi) is 2.89. The highest BCUT2D eigenvalue weighted by molar-refractivity contribution is 7.87. The molecule has 13 heavy (non-hydrogen) atoms. The normalized spacial score (nSPS) is 18.4. The summed E-state index contributed by atoms with van der Waals surface area (Å²) in [7, 11) is -0.932. The smallest absolute Gasteiger partial charge is 0.303 e. The van der Waals surface area contributed by atoms with Gasteiger partial charge in [0, 0.05) is 14.1 Å². The third-order valence-electron chi connectivity index (χ3n) is 1.72. The van der Waals surface area contributed by atoms with Gasteiger partial charge in [-0.05, 0) is 0 Å². The molecule has 0 radical (unpaired) electrons. The first-order valence-corrected chi connectivity index (χ1v) is 5.19. The van der Waals surface area contributed by atoms with E-state index in [2.05, 4.69) is 0 Å². The van der Waals surface area contributed by atoms with Crippen LogP contribution >= 0.6 is 0 Å². The Morgan fingerprint density at radius 2 is 2.00 bits per heavy atom. The van der Waals surface area contributed by atoms with E-state index in [-0.39, 0.29) is 5.92 Å². The zero-order chi connectivity index (χ0) is 10.1. The minimum Gasteiger partial charge on any atom is -0.380 e. The van der Waals surface area contributed by atoms with E-state index >= 15 is 0 Å². The second-order valence-electron chi connectivity index (χ2n) is 2.99. The number of amides is 1. The fourth-order valence-corrected chi connectivity index (χ4v) is 1.29. The summed E-state index contributed by atoms with van der Waals surface area (Å²) in [6.07, 6.45) is 0. The van der Waals surface area contributed by atoms with Crippen molar-refractivity contribution in [3.8, 4) is 0 Å². The van der Waals surface area contributed by atoms with E-state index in [1.54, 1.807) is 0 Å². The molecule has 0 bridgehead atoms. The number of hydrogen-bond acceptors (Lipinski definition) is 4. The van der Waals surface area contributed by atoms with E-state index in [0.29, 0.717) is 13.2 Å². The lowest BCUT2D eigenvalue weighted by Gasteiger charge is -2.25. The summed E-state index contributed by atoms with van der Waals surface area (Å²) in [5.74, 6) is -0.824. The summed E-state index contributed by atoms with van der Waals surface area (Å²) in [5, 5.41) is 0. The molecule has 0 aromatic heterocycles. The highest BCUT2D eigenvalue weighted by Gasteiger charge is 2.29. The van der Waals surface area contributed by atoms with Gasteiger partial charge in [-0.25, -0.2) is 4.72 Å². The molecule has 0 unspecified atom stereocenters. The van der Waals surface area contributed by atoms with E-state index in [4.69, 9.17) is 4.74 Å². The summed E-state index contributed by atoms with van der Waals surface area (Å²) in [6.45, 7) is 0.601. The molecule has 1 saturated heterocycles. The van der Waals surface area contributed by atoms with Gasteiger partial charge in [-0.3, -0.25) is 4.79 Å². The maximum absolute atomic E-state index is 11.1. The van der Waals surface area contributed by atoms with Crippen molar-refractivity contribution < 1.29 is 17.9 Å². The first-order valence-electron chi connectivity index (χ1n) is 3.75. The third-order valence-corrected chi connectivity index (χ3v) is 3.14. The van der Waals surface area contributed by atoms with Crippen molar-refractivity contribution in [2.24, 2.45) is 5.92 Å². The summed E-state index contributed by atoms with van der Waals surface area (Å²) in [6, 6.07) is 0. The van der Waals surface area contributed by atoms with E-state index in [0.717, 1.165) is 4.31 Å². The van der Waals surface area contributed by atoms with Crippen LogP contribution < -0.4 is 4.72 Å². The van der Waals surface area contributed by atoms with Gasteiger partial charge in [0.05, 0.1) is 19.1 Å². The largest absolute Gasteiger partial charge is 0.380 e. The Balaban J connectivity index is 2.52. The maximum Gasteiger partial charge on any atom is 0.303 e. The Morgan fingerprint density at radius 3 is 2.31 bits per heavy atom. The van der Waals surface area contributed by atoms with E-state index in [1.165, 1.54) is 14.1 Å². The highest BCUT2D eigenvalue weighted by atomic mass is 32.2. The summed E-state index contributed by atoms with van der Waals surface area (Å²) in [4.78, 5) is 11.1. The van der Waals surface area contributed by atoms with Crippen molar-refractivity contribution in [3.05, 3.63) is 0 Å². The highest BCUT2D eigenvalue weighted by Crippen LogP contribution is 2.09. The molecule has 0 aliphatic carbocycles. The van der Waals surface area contributed by atoms with Gasteiger partial charge in [0.1, 0.15) is 0 Å². The Labute approximate surface area is 77.0 Å². The summed E-state index contributed by atoms with van der Waals surface area (Å²) >= 11 is 0. The average molecular weight is 208 g/mol. The van der Waals surface area contributed by atoms with Crippen molar-refractivity contribution in [2.75, 3.05) is 27.3 Å². The van der Waals surface area contributed by atoms with Gasteiger partial charge in [0.15, 0.2) is 0 Å². The monoisotopic (exact) mass is 208 g/mol. The molecule has 1 aliphatic heterocycles. The molecule has 76 valence electrons. The Bertz CT molecular complexity index is 294. The van der Waals surface area contributed by atoms with Crippen molar-refractivity contribution in [1.82, 2.24) is 9.03 Å². The molecule has 0 aromatic carbocycles. The van der Waals surface area contributed by atoms with Gasteiger partial charge in [-0.15, -0.1) is 0 Å². The number of ether oxygens (including phenoxy) is 1. The molecule has 1 fully saturated rings. The molecule has 7 heteroatoms. The molecule has 1 rings (SSSR count). The zero-order valence-corrected chi connectivity index (χ0v) is 8.30. The zero-order valence-electron chi connectivity index (χ0n) is 7.48. The molecule has 0 aromatic rings. The molecule has 1 N–H and O–H groups in total. The third kappa shape index (κ3) is 2.39. The van der Waals surface area contributed by atoms with Crippen LogP contribution in [0.1, 0.15) is 0 Å². The van der Waals surface area contributed by atoms with E-state index in [9.17, 15) is 13.2 Å². The first-order chi connectivity index (χ1) is 5.93. The minimum absolute atomic E-state index is 0.300. The minimum atomic E-state index is -3.64. The van der Waals surface area contributed by atoms with Crippen LogP contribution in [0.2, 0.25) is 0 Å².